The number of hydrogen-bond donors (Lipinski definition) is 2. The molecule has 1 fully saturated rings. The van der Waals surface area contributed by atoms with Crippen LogP contribution in [0.5, 0.6) is 5.75 Å². The lowest BCUT2D eigenvalue weighted by atomic mass is 10.1. The van der Waals surface area contributed by atoms with Crippen molar-refractivity contribution in [3.63, 3.8) is 0 Å². The predicted octanol–water partition coefficient (Wildman–Crippen LogP) is 2.20. The summed E-state index contributed by atoms with van der Waals surface area (Å²) in [5, 5.41) is 2.83. The van der Waals surface area contributed by atoms with Gasteiger partial charge in [0.1, 0.15) is 5.75 Å². The molecule has 1 aromatic rings. The molecule has 1 aromatic carbocycles. The van der Waals surface area contributed by atoms with Gasteiger partial charge in [-0.25, -0.2) is 8.42 Å². The smallest absolute Gasteiger partial charge is 0.229 e. The standard InChI is InChI=1S/C14H20N2O4S/c1-20-13-8-7-11(9-12(13)16-21(2,18)19)15-14(17)10-5-3-4-6-10/h7-10,16H,3-6H2,1-2H3,(H,15,17). The number of ether oxygens (including phenoxy) is 1. The molecule has 0 atom stereocenters. The Hall–Kier alpha value is -1.76. The molecule has 0 radical (unpaired) electrons. The van der Waals surface area contributed by atoms with Gasteiger partial charge >= 0.3 is 0 Å². The van der Waals surface area contributed by atoms with E-state index in [1.54, 1.807) is 18.2 Å². The number of anilines is 2. The van der Waals surface area contributed by atoms with Crippen molar-refractivity contribution in [1.29, 1.82) is 0 Å². The van der Waals surface area contributed by atoms with Crippen LogP contribution in [-0.4, -0.2) is 27.7 Å². The third-order valence-electron chi connectivity index (χ3n) is 3.49. The van der Waals surface area contributed by atoms with Crippen molar-refractivity contribution >= 4 is 27.3 Å². The lowest BCUT2D eigenvalue weighted by Crippen LogP contribution is -2.20. The summed E-state index contributed by atoms with van der Waals surface area (Å²) < 4.78 is 30.2. The summed E-state index contributed by atoms with van der Waals surface area (Å²) in [6, 6.07) is 4.88. The molecule has 0 saturated heterocycles. The van der Waals surface area contributed by atoms with E-state index < -0.39 is 10.0 Å². The van der Waals surface area contributed by atoms with Crippen LogP contribution < -0.4 is 14.8 Å². The molecular weight excluding hydrogens is 292 g/mol. The number of amides is 1. The second-order valence-corrected chi connectivity index (χ2v) is 7.01. The molecule has 1 amide bonds. The van der Waals surface area contributed by atoms with Crippen LogP contribution in [0.1, 0.15) is 25.7 Å². The van der Waals surface area contributed by atoms with E-state index in [9.17, 15) is 13.2 Å². The van der Waals surface area contributed by atoms with Crippen LogP contribution in [-0.2, 0) is 14.8 Å². The topological polar surface area (TPSA) is 84.5 Å². The number of benzene rings is 1. The Bertz CT molecular complexity index is 622. The Kier molecular flexibility index (Phi) is 4.72. The first-order valence-corrected chi connectivity index (χ1v) is 8.75. The van der Waals surface area contributed by atoms with Gasteiger partial charge in [-0.1, -0.05) is 12.8 Å². The zero-order valence-electron chi connectivity index (χ0n) is 12.2. The normalized spacial score (nSPS) is 15.7. The van der Waals surface area contributed by atoms with Gasteiger partial charge in [-0.3, -0.25) is 9.52 Å². The van der Waals surface area contributed by atoms with Crippen LogP contribution >= 0.6 is 0 Å². The highest BCUT2D eigenvalue weighted by molar-refractivity contribution is 7.92. The maximum atomic E-state index is 12.1. The number of carbonyl (C=O) groups is 1. The number of rotatable bonds is 5. The summed E-state index contributed by atoms with van der Waals surface area (Å²) in [6.45, 7) is 0. The van der Waals surface area contributed by atoms with Crippen LogP contribution in [0.4, 0.5) is 11.4 Å². The zero-order chi connectivity index (χ0) is 15.5. The summed E-state index contributed by atoms with van der Waals surface area (Å²) in [5.41, 5.74) is 0.864. The van der Waals surface area contributed by atoms with Gasteiger partial charge in [-0.15, -0.1) is 0 Å². The first kappa shape index (κ1) is 15.6. The van der Waals surface area contributed by atoms with E-state index in [2.05, 4.69) is 10.0 Å². The van der Waals surface area contributed by atoms with Gasteiger partial charge in [0.15, 0.2) is 0 Å². The van der Waals surface area contributed by atoms with Gasteiger partial charge in [0.05, 0.1) is 19.1 Å². The fourth-order valence-corrected chi connectivity index (χ4v) is 3.06. The molecule has 2 N–H and O–H groups in total. The van der Waals surface area contributed by atoms with Crippen molar-refractivity contribution in [2.45, 2.75) is 25.7 Å². The first-order valence-electron chi connectivity index (χ1n) is 6.86. The highest BCUT2D eigenvalue weighted by Gasteiger charge is 2.22. The van der Waals surface area contributed by atoms with Crippen LogP contribution in [0.25, 0.3) is 0 Å². The van der Waals surface area contributed by atoms with Crippen molar-refractivity contribution < 1.29 is 17.9 Å². The number of nitrogens with one attached hydrogen (secondary N) is 2. The third-order valence-corrected chi connectivity index (χ3v) is 4.08. The lowest BCUT2D eigenvalue weighted by molar-refractivity contribution is -0.119. The van der Waals surface area contributed by atoms with E-state index in [1.807, 2.05) is 0 Å². The van der Waals surface area contributed by atoms with Gasteiger partial charge in [0, 0.05) is 11.6 Å². The maximum absolute atomic E-state index is 12.1. The molecule has 0 aromatic heterocycles. The molecule has 0 heterocycles. The fourth-order valence-electron chi connectivity index (χ4n) is 2.50. The zero-order valence-corrected chi connectivity index (χ0v) is 13.0. The minimum Gasteiger partial charge on any atom is -0.495 e. The lowest BCUT2D eigenvalue weighted by Gasteiger charge is -2.14. The molecule has 6 nitrogen and oxygen atoms in total. The molecule has 2 rings (SSSR count). The Morgan fingerprint density at radius 1 is 1.29 bits per heavy atom. The van der Waals surface area contributed by atoms with Gasteiger partial charge in [0.25, 0.3) is 0 Å². The number of carbonyl (C=O) groups excluding carboxylic acids is 1. The average molecular weight is 312 g/mol. The van der Waals surface area contributed by atoms with E-state index in [1.165, 1.54) is 7.11 Å². The minimum atomic E-state index is -3.41. The molecule has 0 aliphatic heterocycles. The maximum Gasteiger partial charge on any atom is 0.229 e. The van der Waals surface area contributed by atoms with Crippen molar-refractivity contribution in [1.82, 2.24) is 0 Å². The molecule has 21 heavy (non-hydrogen) atoms. The Morgan fingerprint density at radius 3 is 2.52 bits per heavy atom. The molecule has 0 unspecified atom stereocenters. The van der Waals surface area contributed by atoms with E-state index in [0.717, 1.165) is 31.9 Å². The summed E-state index contributed by atoms with van der Waals surface area (Å²) >= 11 is 0. The third kappa shape index (κ3) is 4.35. The monoisotopic (exact) mass is 312 g/mol. The van der Waals surface area contributed by atoms with Gasteiger partial charge in [-0.2, -0.15) is 0 Å². The number of methoxy groups -OCH3 is 1. The first-order chi connectivity index (χ1) is 9.89. The van der Waals surface area contributed by atoms with E-state index in [0.29, 0.717) is 17.1 Å². The van der Waals surface area contributed by atoms with E-state index in [4.69, 9.17) is 4.74 Å². The SMILES string of the molecule is COc1ccc(NC(=O)C2CCCC2)cc1NS(C)(=O)=O. The average Bonchev–Trinajstić information content (AvgIpc) is 2.91. The second kappa shape index (κ2) is 6.34. The molecule has 7 heteroatoms. The number of sulfonamides is 1. The molecule has 0 bridgehead atoms. The van der Waals surface area contributed by atoms with Crippen molar-refractivity contribution in [2.24, 2.45) is 5.92 Å². The summed E-state index contributed by atoms with van der Waals surface area (Å²) in [6.07, 6.45) is 5.06. The molecule has 1 aliphatic carbocycles. The minimum absolute atomic E-state index is 0.0111. The molecule has 1 saturated carbocycles. The summed E-state index contributed by atoms with van der Waals surface area (Å²) in [4.78, 5) is 12.1. The summed E-state index contributed by atoms with van der Waals surface area (Å²) in [5.74, 6) is 0.445. The van der Waals surface area contributed by atoms with Crippen LogP contribution in [0, 0.1) is 5.92 Å². The Morgan fingerprint density at radius 2 is 1.95 bits per heavy atom. The van der Waals surface area contributed by atoms with Gasteiger partial charge < -0.3 is 10.1 Å². The van der Waals surface area contributed by atoms with Gasteiger partial charge in [0.2, 0.25) is 15.9 Å². The molecule has 116 valence electrons. The predicted molar refractivity (Wildman–Crippen MR) is 82.0 cm³/mol. The molecule has 1 aliphatic rings. The Labute approximate surface area is 124 Å². The van der Waals surface area contributed by atoms with E-state index >= 15 is 0 Å². The van der Waals surface area contributed by atoms with Crippen LogP contribution in [0.3, 0.4) is 0 Å². The molecular formula is C14H20N2O4S. The summed E-state index contributed by atoms with van der Waals surface area (Å²) in [7, 11) is -1.96. The highest BCUT2D eigenvalue weighted by Crippen LogP contribution is 2.30. The van der Waals surface area contributed by atoms with Crippen LogP contribution in [0.2, 0.25) is 0 Å². The fraction of sp³-hybridized carbons (Fsp3) is 0.500. The van der Waals surface area contributed by atoms with E-state index in [-0.39, 0.29) is 11.8 Å². The van der Waals surface area contributed by atoms with Crippen molar-refractivity contribution in [3.8, 4) is 5.75 Å². The quantitative estimate of drug-likeness (QED) is 0.873. The largest absolute Gasteiger partial charge is 0.495 e. The molecule has 0 spiro atoms. The van der Waals surface area contributed by atoms with Crippen molar-refractivity contribution in [2.75, 3.05) is 23.4 Å². The van der Waals surface area contributed by atoms with Gasteiger partial charge in [-0.05, 0) is 31.0 Å². The van der Waals surface area contributed by atoms with Crippen molar-refractivity contribution in [3.05, 3.63) is 18.2 Å². The number of hydrogen-bond acceptors (Lipinski definition) is 4. The van der Waals surface area contributed by atoms with Crippen LogP contribution in [0.15, 0.2) is 18.2 Å². The highest BCUT2D eigenvalue weighted by atomic mass is 32.2. The Balaban J connectivity index is 2.16. The second-order valence-electron chi connectivity index (χ2n) is 5.26.